The highest BCUT2D eigenvalue weighted by Crippen LogP contribution is 2.30. The van der Waals surface area contributed by atoms with Gasteiger partial charge in [-0.3, -0.25) is 9.20 Å². The molecule has 0 aliphatic carbocycles. The van der Waals surface area contributed by atoms with E-state index in [-0.39, 0.29) is 11.6 Å². The Hall–Kier alpha value is -4.25. The minimum absolute atomic E-state index is 0.262. The molecule has 5 rings (SSSR count). The fraction of sp³-hybridized carbons (Fsp3) is 0.0370. The van der Waals surface area contributed by atoms with Gasteiger partial charge in [0.25, 0.3) is 0 Å². The van der Waals surface area contributed by atoms with Gasteiger partial charge in [0.2, 0.25) is 5.78 Å². The molecule has 2 heterocycles. The lowest BCUT2D eigenvalue weighted by molar-refractivity contribution is 0.104. The molecule has 0 aliphatic heterocycles. The van der Waals surface area contributed by atoms with E-state index >= 15 is 0 Å². The Bertz CT molecular complexity index is 1480. The third-order valence-corrected chi connectivity index (χ3v) is 5.43. The van der Waals surface area contributed by atoms with E-state index in [4.69, 9.17) is 9.72 Å². The summed E-state index contributed by atoms with van der Waals surface area (Å²) in [5.41, 5.74) is 2.82. The number of carbonyl (C=O) groups excluding carboxylic acids is 1. The number of hydrogen-bond acceptors (Lipinski definition) is 3. The molecule has 2 aromatic heterocycles. The number of nitrogens with zero attached hydrogens (tertiary/aromatic N) is 2. The summed E-state index contributed by atoms with van der Waals surface area (Å²) in [6.45, 7) is 0. The quantitative estimate of drug-likeness (QED) is 0.250. The summed E-state index contributed by atoms with van der Waals surface area (Å²) < 4.78 is 21.1. The Morgan fingerprint density at radius 1 is 0.969 bits per heavy atom. The summed E-state index contributed by atoms with van der Waals surface area (Å²) >= 11 is 0. The van der Waals surface area contributed by atoms with E-state index < -0.39 is 0 Å². The second kappa shape index (κ2) is 8.12. The third kappa shape index (κ3) is 3.44. The number of benzene rings is 3. The maximum Gasteiger partial charge on any atom is 0.204 e. The molecule has 5 aromatic rings. The molecule has 156 valence electrons. The zero-order valence-corrected chi connectivity index (χ0v) is 17.3. The van der Waals surface area contributed by atoms with Crippen molar-refractivity contribution in [3.8, 4) is 17.0 Å². The molecule has 0 spiro atoms. The van der Waals surface area contributed by atoms with Crippen LogP contribution in [-0.4, -0.2) is 22.3 Å². The molecule has 3 aromatic carbocycles. The van der Waals surface area contributed by atoms with Crippen molar-refractivity contribution in [3.63, 3.8) is 0 Å². The number of hydrogen-bond donors (Lipinski definition) is 0. The highest BCUT2D eigenvalue weighted by atomic mass is 19.1. The van der Waals surface area contributed by atoms with Gasteiger partial charge in [-0.15, -0.1) is 0 Å². The molecule has 0 aliphatic rings. The Morgan fingerprint density at radius 2 is 1.72 bits per heavy atom. The standard InChI is InChI=1S/C27H19FN2O2/c1-32-21-13-10-20(11-14-21)25-26(24(31)15-12-19-7-3-5-9-23(19)28)30-17-16-18-6-2-4-8-22(18)27(30)29-25/h2-17H,1H3. The Labute approximate surface area is 184 Å². The summed E-state index contributed by atoms with van der Waals surface area (Å²) in [5.74, 6) is 0.0770. The average Bonchev–Trinajstić information content (AvgIpc) is 3.23. The number of ketones is 1. The van der Waals surface area contributed by atoms with Crippen molar-refractivity contribution in [2.45, 2.75) is 0 Å². The summed E-state index contributed by atoms with van der Waals surface area (Å²) in [6.07, 6.45) is 4.74. The number of imidazole rings is 1. The Kier molecular flexibility index (Phi) is 5.00. The first kappa shape index (κ1) is 19.7. The van der Waals surface area contributed by atoms with E-state index in [0.717, 1.165) is 22.1 Å². The van der Waals surface area contributed by atoms with Crippen molar-refractivity contribution in [2.24, 2.45) is 0 Å². The molecule has 0 unspecified atom stereocenters. The number of aromatic nitrogens is 2. The fourth-order valence-electron chi connectivity index (χ4n) is 3.81. The van der Waals surface area contributed by atoms with Crippen LogP contribution in [0.1, 0.15) is 16.1 Å². The van der Waals surface area contributed by atoms with Gasteiger partial charge in [-0.1, -0.05) is 42.5 Å². The third-order valence-electron chi connectivity index (χ3n) is 5.43. The van der Waals surface area contributed by atoms with E-state index in [1.54, 1.807) is 29.7 Å². The van der Waals surface area contributed by atoms with Crippen LogP contribution >= 0.6 is 0 Å². The van der Waals surface area contributed by atoms with Gasteiger partial charge < -0.3 is 4.74 Å². The molecular weight excluding hydrogens is 403 g/mol. The van der Waals surface area contributed by atoms with Gasteiger partial charge in [0.05, 0.1) is 7.11 Å². The number of fused-ring (bicyclic) bond motifs is 3. The normalized spacial score (nSPS) is 11.4. The highest BCUT2D eigenvalue weighted by molar-refractivity contribution is 6.11. The van der Waals surface area contributed by atoms with Crippen molar-refractivity contribution in [1.29, 1.82) is 0 Å². The van der Waals surface area contributed by atoms with E-state index in [9.17, 15) is 9.18 Å². The zero-order chi connectivity index (χ0) is 22.1. The second-order valence-corrected chi connectivity index (χ2v) is 7.35. The number of rotatable bonds is 5. The molecule has 0 amide bonds. The highest BCUT2D eigenvalue weighted by Gasteiger charge is 2.20. The summed E-state index contributed by atoms with van der Waals surface area (Å²) in [7, 11) is 1.61. The van der Waals surface area contributed by atoms with Crippen LogP contribution in [-0.2, 0) is 0 Å². The largest absolute Gasteiger partial charge is 0.497 e. The fourth-order valence-corrected chi connectivity index (χ4v) is 3.81. The Morgan fingerprint density at radius 3 is 2.50 bits per heavy atom. The molecule has 0 N–H and O–H groups in total. The summed E-state index contributed by atoms with van der Waals surface area (Å²) in [4.78, 5) is 18.2. The van der Waals surface area contributed by atoms with Crippen molar-refractivity contribution in [1.82, 2.24) is 9.38 Å². The van der Waals surface area contributed by atoms with E-state index in [0.29, 0.717) is 22.6 Å². The Balaban J connectivity index is 1.70. The number of methoxy groups -OCH3 is 1. The van der Waals surface area contributed by atoms with Gasteiger partial charge in [-0.2, -0.15) is 0 Å². The van der Waals surface area contributed by atoms with Crippen LogP contribution in [0.25, 0.3) is 33.8 Å². The lowest BCUT2D eigenvalue weighted by Crippen LogP contribution is -2.02. The van der Waals surface area contributed by atoms with Crippen LogP contribution in [0.5, 0.6) is 5.75 Å². The SMILES string of the molecule is COc1ccc(-c2nc3c4ccccc4ccn3c2C(=O)C=Cc2ccccc2F)cc1. The molecule has 32 heavy (non-hydrogen) atoms. The first-order valence-corrected chi connectivity index (χ1v) is 10.2. The number of allylic oxidation sites excluding steroid dienone is 1. The summed E-state index contributed by atoms with van der Waals surface area (Å²) in [5, 5.41) is 1.98. The van der Waals surface area contributed by atoms with Gasteiger partial charge in [0.1, 0.15) is 28.6 Å². The first-order chi connectivity index (χ1) is 15.7. The van der Waals surface area contributed by atoms with Gasteiger partial charge in [-0.05, 0) is 53.9 Å². The van der Waals surface area contributed by atoms with Crippen LogP contribution in [0.4, 0.5) is 4.39 Å². The predicted octanol–water partition coefficient (Wildman–Crippen LogP) is 6.20. The lowest BCUT2D eigenvalue weighted by Gasteiger charge is -2.05. The number of pyridine rings is 1. The van der Waals surface area contributed by atoms with Crippen LogP contribution < -0.4 is 4.74 Å². The molecule has 0 fully saturated rings. The second-order valence-electron chi connectivity index (χ2n) is 7.35. The molecule has 0 radical (unpaired) electrons. The van der Waals surface area contributed by atoms with Crippen LogP contribution in [0, 0.1) is 5.82 Å². The smallest absolute Gasteiger partial charge is 0.204 e. The monoisotopic (exact) mass is 422 g/mol. The van der Waals surface area contributed by atoms with Crippen molar-refractivity contribution in [3.05, 3.63) is 108 Å². The zero-order valence-electron chi connectivity index (χ0n) is 17.3. The molecular formula is C27H19FN2O2. The van der Waals surface area contributed by atoms with E-state index in [1.165, 1.54) is 18.2 Å². The van der Waals surface area contributed by atoms with E-state index in [1.807, 2.05) is 60.8 Å². The summed E-state index contributed by atoms with van der Waals surface area (Å²) in [6, 6.07) is 23.6. The maximum atomic E-state index is 14.0. The van der Waals surface area contributed by atoms with E-state index in [2.05, 4.69) is 0 Å². The van der Waals surface area contributed by atoms with Crippen molar-refractivity contribution < 1.29 is 13.9 Å². The lowest BCUT2D eigenvalue weighted by atomic mass is 10.1. The topological polar surface area (TPSA) is 43.6 Å². The molecule has 0 bridgehead atoms. The van der Waals surface area contributed by atoms with Gasteiger partial charge >= 0.3 is 0 Å². The molecule has 0 atom stereocenters. The van der Waals surface area contributed by atoms with Gasteiger partial charge in [0, 0.05) is 22.7 Å². The van der Waals surface area contributed by atoms with Crippen molar-refractivity contribution in [2.75, 3.05) is 7.11 Å². The molecule has 0 saturated heterocycles. The average molecular weight is 422 g/mol. The minimum Gasteiger partial charge on any atom is -0.497 e. The molecule has 0 saturated carbocycles. The van der Waals surface area contributed by atoms with Crippen LogP contribution in [0.15, 0.2) is 91.1 Å². The van der Waals surface area contributed by atoms with Gasteiger partial charge in [-0.25, -0.2) is 9.37 Å². The minimum atomic E-state index is -0.379. The number of halogens is 1. The number of ether oxygens (including phenoxy) is 1. The number of carbonyl (C=O) groups is 1. The van der Waals surface area contributed by atoms with Crippen LogP contribution in [0.2, 0.25) is 0 Å². The van der Waals surface area contributed by atoms with Gasteiger partial charge in [0.15, 0.2) is 0 Å². The predicted molar refractivity (Wildman–Crippen MR) is 124 cm³/mol. The maximum absolute atomic E-state index is 14.0. The van der Waals surface area contributed by atoms with Crippen molar-refractivity contribution >= 4 is 28.3 Å². The van der Waals surface area contributed by atoms with Crippen LogP contribution in [0.3, 0.4) is 0 Å². The molecule has 5 heteroatoms. The first-order valence-electron chi connectivity index (χ1n) is 10.2. The molecule has 4 nitrogen and oxygen atoms in total.